The lowest BCUT2D eigenvalue weighted by Gasteiger charge is -2.36. The quantitative estimate of drug-likeness (QED) is 0.597. The summed E-state index contributed by atoms with van der Waals surface area (Å²) in [5.74, 6) is 3.97. The molecule has 3 fully saturated rings. The SMILES string of the molecule is CC1CCC(N(C(=O)CSc2nnc(C3CC3)n2Cc2ccco2)C2CC2)CC1. The molecule has 3 aliphatic carbocycles. The molecule has 0 aliphatic heterocycles. The largest absolute Gasteiger partial charge is 0.467 e. The fraction of sp³-hybridized carbons (Fsp3) is 0.682. The van der Waals surface area contributed by atoms with Crippen LogP contribution in [0.15, 0.2) is 28.0 Å². The molecule has 2 aromatic rings. The van der Waals surface area contributed by atoms with Gasteiger partial charge in [-0.1, -0.05) is 18.7 Å². The van der Waals surface area contributed by atoms with Crippen molar-refractivity contribution in [3.05, 3.63) is 30.0 Å². The highest BCUT2D eigenvalue weighted by Gasteiger charge is 2.38. The second kappa shape index (κ2) is 8.17. The number of carbonyl (C=O) groups is 1. The van der Waals surface area contributed by atoms with Crippen LogP contribution in [0.25, 0.3) is 0 Å². The van der Waals surface area contributed by atoms with Crippen LogP contribution in [0, 0.1) is 5.92 Å². The van der Waals surface area contributed by atoms with Crippen molar-refractivity contribution >= 4 is 17.7 Å². The van der Waals surface area contributed by atoms with Crippen LogP contribution in [0.3, 0.4) is 0 Å². The zero-order valence-corrected chi connectivity index (χ0v) is 17.9. The fourth-order valence-corrected chi connectivity index (χ4v) is 5.35. The average Bonchev–Trinajstić information content (AvgIpc) is 3.65. The smallest absolute Gasteiger partial charge is 0.233 e. The van der Waals surface area contributed by atoms with Crippen LogP contribution in [-0.2, 0) is 11.3 Å². The van der Waals surface area contributed by atoms with Gasteiger partial charge in [0.25, 0.3) is 0 Å². The predicted molar refractivity (Wildman–Crippen MR) is 112 cm³/mol. The lowest BCUT2D eigenvalue weighted by Crippen LogP contribution is -2.44. The second-order valence-electron chi connectivity index (χ2n) is 9.02. The van der Waals surface area contributed by atoms with Gasteiger partial charge in [-0.2, -0.15) is 0 Å². The molecule has 3 saturated carbocycles. The third-order valence-electron chi connectivity index (χ3n) is 6.51. The number of nitrogens with zero attached hydrogens (tertiary/aromatic N) is 4. The molecule has 0 aromatic carbocycles. The molecule has 1 amide bonds. The van der Waals surface area contributed by atoms with Gasteiger partial charge in [-0.05, 0) is 69.4 Å². The van der Waals surface area contributed by atoms with Gasteiger partial charge in [-0.15, -0.1) is 10.2 Å². The molecule has 2 heterocycles. The Hall–Kier alpha value is -1.76. The van der Waals surface area contributed by atoms with Crippen LogP contribution >= 0.6 is 11.8 Å². The monoisotopic (exact) mass is 414 g/mol. The van der Waals surface area contributed by atoms with E-state index in [1.165, 1.54) is 50.3 Å². The van der Waals surface area contributed by atoms with Crippen LogP contribution < -0.4 is 0 Å². The number of rotatable bonds is 8. The van der Waals surface area contributed by atoms with Crippen molar-refractivity contribution in [2.45, 2.75) is 88.0 Å². The van der Waals surface area contributed by atoms with E-state index in [1.54, 1.807) is 6.26 Å². The summed E-state index contributed by atoms with van der Waals surface area (Å²) in [4.78, 5) is 15.4. The molecule has 6 nitrogen and oxygen atoms in total. The Labute approximate surface area is 176 Å². The van der Waals surface area contributed by atoms with Crippen molar-refractivity contribution in [3.8, 4) is 0 Å². The minimum atomic E-state index is 0.276. The third kappa shape index (κ3) is 4.39. The van der Waals surface area contributed by atoms with Crippen LogP contribution in [-0.4, -0.2) is 43.4 Å². The lowest BCUT2D eigenvalue weighted by atomic mass is 9.86. The molecule has 156 valence electrons. The lowest BCUT2D eigenvalue weighted by molar-refractivity contribution is -0.132. The van der Waals surface area contributed by atoms with E-state index in [4.69, 9.17) is 4.42 Å². The third-order valence-corrected chi connectivity index (χ3v) is 7.47. The summed E-state index contributed by atoms with van der Waals surface area (Å²) in [5, 5.41) is 9.73. The van der Waals surface area contributed by atoms with Gasteiger partial charge >= 0.3 is 0 Å². The standard InChI is InChI=1S/C22H30N4O2S/c1-15-4-8-17(9-5-15)26(18-10-11-18)20(27)14-29-22-24-23-21(16-6-7-16)25(22)13-19-3-2-12-28-19/h2-3,12,15-18H,4-11,13-14H2,1H3. The number of hydrogen-bond acceptors (Lipinski definition) is 5. The summed E-state index contributed by atoms with van der Waals surface area (Å²) in [6.45, 7) is 2.97. The highest BCUT2D eigenvalue weighted by atomic mass is 32.2. The summed E-state index contributed by atoms with van der Waals surface area (Å²) < 4.78 is 7.70. The summed E-state index contributed by atoms with van der Waals surface area (Å²) in [6, 6.07) is 4.81. The number of aromatic nitrogens is 3. The first kappa shape index (κ1) is 19.2. The van der Waals surface area contributed by atoms with Gasteiger partial charge in [0.05, 0.1) is 18.6 Å². The number of carbonyl (C=O) groups excluding carboxylic acids is 1. The van der Waals surface area contributed by atoms with Gasteiger partial charge in [-0.3, -0.25) is 9.36 Å². The fourth-order valence-electron chi connectivity index (χ4n) is 4.54. The van der Waals surface area contributed by atoms with E-state index in [0.717, 1.165) is 35.5 Å². The zero-order chi connectivity index (χ0) is 19.8. The van der Waals surface area contributed by atoms with E-state index in [0.29, 0.717) is 30.3 Å². The van der Waals surface area contributed by atoms with E-state index in [9.17, 15) is 4.79 Å². The van der Waals surface area contributed by atoms with E-state index < -0.39 is 0 Å². The number of amides is 1. The Morgan fingerprint density at radius 1 is 1.14 bits per heavy atom. The molecule has 2 aromatic heterocycles. The van der Waals surface area contributed by atoms with Crippen molar-refractivity contribution in [2.75, 3.05) is 5.75 Å². The van der Waals surface area contributed by atoms with Crippen molar-refractivity contribution in [2.24, 2.45) is 5.92 Å². The first-order valence-corrected chi connectivity index (χ1v) is 12.1. The van der Waals surface area contributed by atoms with Crippen molar-refractivity contribution in [1.82, 2.24) is 19.7 Å². The highest BCUT2D eigenvalue weighted by molar-refractivity contribution is 7.99. The Morgan fingerprint density at radius 2 is 1.86 bits per heavy atom. The van der Waals surface area contributed by atoms with Gasteiger partial charge in [0.15, 0.2) is 5.16 Å². The van der Waals surface area contributed by atoms with Crippen LogP contribution in [0.4, 0.5) is 0 Å². The molecular formula is C22H30N4O2S. The van der Waals surface area contributed by atoms with E-state index in [2.05, 4.69) is 26.6 Å². The van der Waals surface area contributed by atoms with Crippen molar-refractivity contribution < 1.29 is 9.21 Å². The maximum absolute atomic E-state index is 13.2. The molecular weight excluding hydrogens is 384 g/mol. The minimum Gasteiger partial charge on any atom is -0.467 e. The maximum Gasteiger partial charge on any atom is 0.233 e. The predicted octanol–water partition coefficient (Wildman–Crippen LogP) is 4.46. The number of thioether (sulfide) groups is 1. The zero-order valence-electron chi connectivity index (χ0n) is 17.1. The highest BCUT2D eigenvalue weighted by Crippen LogP contribution is 2.40. The van der Waals surface area contributed by atoms with Crippen molar-refractivity contribution in [1.29, 1.82) is 0 Å². The molecule has 0 radical (unpaired) electrons. The molecule has 3 aliphatic rings. The first-order chi connectivity index (χ1) is 14.2. The van der Waals surface area contributed by atoms with Gasteiger partial charge in [0.1, 0.15) is 11.6 Å². The first-order valence-electron chi connectivity index (χ1n) is 11.1. The van der Waals surface area contributed by atoms with Crippen LogP contribution in [0.2, 0.25) is 0 Å². The van der Waals surface area contributed by atoms with Gasteiger partial charge in [0.2, 0.25) is 5.91 Å². The molecule has 0 bridgehead atoms. The second-order valence-corrected chi connectivity index (χ2v) is 9.96. The molecule has 0 spiro atoms. The van der Waals surface area contributed by atoms with Crippen molar-refractivity contribution in [3.63, 3.8) is 0 Å². The maximum atomic E-state index is 13.2. The summed E-state index contributed by atoms with van der Waals surface area (Å²) in [5.41, 5.74) is 0. The Bertz CT molecular complexity index is 833. The Kier molecular flexibility index (Phi) is 5.41. The summed E-state index contributed by atoms with van der Waals surface area (Å²) in [7, 11) is 0. The molecule has 0 unspecified atom stereocenters. The molecule has 29 heavy (non-hydrogen) atoms. The van der Waals surface area contributed by atoms with Gasteiger partial charge < -0.3 is 9.32 Å². The van der Waals surface area contributed by atoms with E-state index in [1.807, 2.05) is 12.1 Å². The van der Waals surface area contributed by atoms with Gasteiger partial charge in [0, 0.05) is 18.0 Å². The summed E-state index contributed by atoms with van der Waals surface area (Å²) in [6.07, 6.45) is 11.2. The Balaban J connectivity index is 1.27. The molecule has 0 atom stereocenters. The minimum absolute atomic E-state index is 0.276. The normalized spacial score (nSPS) is 24.6. The van der Waals surface area contributed by atoms with Crippen LogP contribution in [0.1, 0.15) is 75.8 Å². The van der Waals surface area contributed by atoms with Crippen LogP contribution in [0.5, 0.6) is 0 Å². The summed E-state index contributed by atoms with van der Waals surface area (Å²) >= 11 is 1.54. The van der Waals surface area contributed by atoms with E-state index >= 15 is 0 Å². The number of hydrogen-bond donors (Lipinski definition) is 0. The Morgan fingerprint density at radius 3 is 2.48 bits per heavy atom. The molecule has 0 N–H and O–H groups in total. The van der Waals surface area contributed by atoms with E-state index in [-0.39, 0.29) is 5.91 Å². The number of furan rings is 1. The topological polar surface area (TPSA) is 64.2 Å². The average molecular weight is 415 g/mol. The molecule has 7 heteroatoms. The molecule has 0 saturated heterocycles. The molecule has 5 rings (SSSR count). The van der Waals surface area contributed by atoms with Gasteiger partial charge in [-0.25, -0.2) is 0 Å².